The first-order valence-electron chi connectivity index (χ1n) is 7.52. The van der Waals surface area contributed by atoms with E-state index in [1.807, 2.05) is 21.0 Å². The van der Waals surface area contributed by atoms with E-state index in [1.54, 1.807) is 4.68 Å². The van der Waals surface area contributed by atoms with Crippen molar-refractivity contribution in [3.8, 4) is 0 Å². The van der Waals surface area contributed by atoms with Crippen molar-refractivity contribution < 1.29 is 0 Å². The molecule has 0 saturated heterocycles. The zero-order valence-corrected chi connectivity index (χ0v) is 13.6. The van der Waals surface area contributed by atoms with Gasteiger partial charge in [0.05, 0.1) is 5.69 Å². The number of aromatic nitrogens is 2. The highest BCUT2D eigenvalue weighted by molar-refractivity contribution is 6.30. The van der Waals surface area contributed by atoms with Crippen LogP contribution in [0.25, 0.3) is 0 Å². The number of nitrogens with zero attached hydrogens (tertiary/aromatic N) is 2. The van der Waals surface area contributed by atoms with Gasteiger partial charge in [-0.05, 0) is 50.3 Å². The van der Waals surface area contributed by atoms with E-state index >= 15 is 0 Å². The maximum Gasteiger partial charge on any atom is 0.130 e. The zero-order valence-electron chi connectivity index (χ0n) is 12.9. The minimum atomic E-state index is 0.429. The molecule has 0 aliphatic heterocycles. The van der Waals surface area contributed by atoms with Gasteiger partial charge in [0.15, 0.2) is 0 Å². The lowest BCUT2D eigenvalue weighted by atomic mass is 9.91. The molecule has 1 heterocycles. The molecule has 1 aliphatic rings. The van der Waals surface area contributed by atoms with Crippen molar-refractivity contribution in [2.24, 2.45) is 13.0 Å². The Labute approximate surface area is 131 Å². The van der Waals surface area contributed by atoms with Gasteiger partial charge in [-0.25, -0.2) is 0 Å². The summed E-state index contributed by atoms with van der Waals surface area (Å²) in [6.07, 6.45) is 3.24. The monoisotopic (exact) mass is 303 g/mol. The fourth-order valence-electron chi connectivity index (χ4n) is 3.51. The molecule has 112 valence electrons. The molecule has 0 bridgehead atoms. The van der Waals surface area contributed by atoms with Crippen LogP contribution < -0.4 is 5.32 Å². The number of hydrogen-bond donors (Lipinski definition) is 1. The maximum atomic E-state index is 6.38. The van der Waals surface area contributed by atoms with Gasteiger partial charge in [-0.2, -0.15) is 5.10 Å². The topological polar surface area (TPSA) is 29.9 Å². The summed E-state index contributed by atoms with van der Waals surface area (Å²) in [5.41, 5.74) is 5.21. The van der Waals surface area contributed by atoms with E-state index in [1.165, 1.54) is 16.7 Å². The van der Waals surface area contributed by atoms with E-state index < -0.39 is 0 Å². The quantitative estimate of drug-likeness (QED) is 0.941. The summed E-state index contributed by atoms with van der Waals surface area (Å²) in [7, 11) is 3.95. The van der Waals surface area contributed by atoms with Gasteiger partial charge in [0, 0.05) is 18.7 Å². The summed E-state index contributed by atoms with van der Waals surface area (Å²) < 4.78 is 1.77. The van der Waals surface area contributed by atoms with E-state index in [4.69, 9.17) is 11.6 Å². The molecular weight excluding hydrogens is 282 g/mol. The Balaban J connectivity index is 1.78. The van der Waals surface area contributed by atoms with Crippen LogP contribution in [-0.2, 0) is 26.3 Å². The Morgan fingerprint density at radius 2 is 1.95 bits per heavy atom. The highest BCUT2D eigenvalue weighted by atomic mass is 35.5. The lowest BCUT2D eigenvalue weighted by molar-refractivity contribution is 0.383. The van der Waals surface area contributed by atoms with Gasteiger partial charge >= 0.3 is 0 Å². The number of rotatable bonds is 4. The van der Waals surface area contributed by atoms with Crippen LogP contribution in [0, 0.1) is 12.8 Å². The molecule has 1 aliphatic carbocycles. The van der Waals surface area contributed by atoms with Crippen molar-refractivity contribution in [1.29, 1.82) is 0 Å². The molecule has 3 rings (SSSR count). The largest absolute Gasteiger partial charge is 0.316 e. The van der Waals surface area contributed by atoms with Gasteiger partial charge < -0.3 is 5.32 Å². The molecule has 3 nitrogen and oxygen atoms in total. The van der Waals surface area contributed by atoms with Gasteiger partial charge in [0.1, 0.15) is 5.15 Å². The van der Waals surface area contributed by atoms with Gasteiger partial charge in [-0.15, -0.1) is 0 Å². The van der Waals surface area contributed by atoms with E-state index in [0.29, 0.717) is 12.0 Å². The summed E-state index contributed by atoms with van der Waals surface area (Å²) in [6, 6.07) is 9.21. The molecule has 1 N–H and O–H groups in total. The van der Waals surface area contributed by atoms with Gasteiger partial charge in [0.2, 0.25) is 0 Å². The average Bonchev–Trinajstić information content (AvgIpc) is 3.00. The summed E-state index contributed by atoms with van der Waals surface area (Å²) >= 11 is 6.38. The number of aryl methyl sites for hydroxylation is 2. The van der Waals surface area contributed by atoms with E-state index in [0.717, 1.165) is 30.1 Å². The Hall–Kier alpha value is -1.32. The molecule has 0 spiro atoms. The predicted molar refractivity (Wildman–Crippen MR) is 86.8 cm³/mol. The summed E-state index contributed by atoms with van der Waals surface area (Å²) in [6.45, 7) is 2.04. The summed E-state index contributed by atoms with van der Waals surface area (Å²) in [5.74, 6) is 0.628. The van der Waals surface area contributed by atoms with Crippen molar-refractivity contribution in [1.82, 2.24) is 15.1 Å². The van der Waals surface area contributed by atoms with Crippen LogP contribution in [0.15, 0.2) is 24.3 Å². The molecule has 1 aromatic heterocycles. The smallest absolute Gasteiger partial charge is 0.130 e. The number of benzene rings is 1. The molecule has 0 saturated carbocycles. The second kappa shape index (κ2) is 5.82. The van der Waals surface area contributed by atoms with Crippen LogP contribution in [0.2, 0.25) is 5.15 Å². The lowest BCUT2D eigenvalue weighted by Gasteiger charge is -2.23. The van der Waals surface area contributed by atoms with E-state index in [-0.39, 0.29) is 0 Å². The summed E-state index contributed by atoms with van der Waals surface area (Å²) in [4.78, 5) is 0. The third kappa shape index (κ3) is 2.72. The fourth-order valence-corrected chi connectivity index (χ4v) is 3.76. The van der Waals surface area contributed by atoms with Crippen LogP contribution in [0.5, 0.6) is 0 Å². The van der Waals surface area contributed by atoms with E-state index in [2.05, 4.69) is 34.7 Å². The van der Waals surface area contributed by atoms with E-state index in [9.17, 15) is 0 Å². The number of likely N-dealkylation sites (N-methyl/N-ethyl adjacent to an activating group) is 1. The molecule has 1 unspecified atom stereocenters. The molecule has 1 atom stereocenters. The van der Waals surface area contributed by atoms with Gasteiger partial charge in [-0.1, -0.05) is 35.9 Å². The molecule has 1 aromatic carbocycles. The minimum absolute atomic E-state index is 0.429. The Bertz CT molecular complexity index is 622. The lowest BCUT2D eigenvalue weighted by Crippen LogP contribution is -2.36. The minimum Gasteiger partial charge on any atom is -0.316 e. The van der Waals surface area contributed by atoms with Crippen molar-refractivity contribution in [3.05, 3.63) is 51.8 Å². The second-order valence-corrected chi connectivity index (χ2v) is 6.37. The number of halogens is 1. The molecule has 0 radical (unpaired) electrons. The third-order valence-electron chi connectivity index (χ3n) is 4.72. The van der Waals surface area contributed by atoms with Crippen molar-refractivity contribution in [3.63, 3.8) is 0 Å². The molecule has 21 heavy (non-hydrogen) atoms. The van der Waals surface area contributed by atoms with Gasteiger partial charge in [0.25, 0.3) is 0 Å². The first-order chi connectivity index (χ1) is 10.1. The first kappa shape index (κ1) is 14.6. The van der Waals surface area contributed by atoms with Crippen LogP contribution in [0.3, 0.4) is 0 Å². The zero-order chi connectivity index (χ0) is 15.0. The normalized spacial score (nSPS) is 16.2. The predicted octanol–water partition coefficient (Wildman–Crippen LogP) is 2.93. The van der Waals surface area contributed by atoms with Crippen LogP contribution in [-0.4, -0.2) is 22.9 Å². The fraction of sp³-hybridized carbons (Fsp3) is 0.471. The van der Waals surface area contributed by atoms with Crippen molar-refractivity contribution >= 4 is 11.6 Å². The van der Waals surface area contributed by atoms with Gasteiger partial charge in [-0.3, -0.25) is 4.68 Å². The second-order valence-electron chi connectivity index (χ2n) is 6.01. The molecular formula is C17H22ClN3. The van der Waals surface area contributed by atoms with Crippen LogP contribution in [0.1, 0.15) is 22.4 Å². The highest BCUT2D eigenvalue weighted by Crippen LogP contribution is 2.31. The number of nitrogens with one attached hydrogen (secondary N) is 1. The van der Waals surface area contributed by atoms with Crippen molar-refractivity contribution in [2.75, 3.05) is 7.05 Å². The Morgan fingerprint density at radius 1 is 1.33 bits per heavy atom. The molecule has 0 fully saturated rings. The highest BCUT2D eigenvalue weighted by Gasteiger charge is 2.29. The number of hydrogen-bond acceptors (Lipinski definition) is 2. The Morgan fingerprint density at radius 3 is 2.43 bits per heavy atom. The van der Waals surface area contributed by atoms with Crippen molar-refractivity contribution in [2.45, 2.75) is 32.2 Å². The first-order valence-corrected chi connectivity index (χ1v) is 7.90. The molecule has 2 aromatic rings. The Kier molecular flexibility index (Phi) is 4.05. The molecule has 0 amide bonds. The van der Waals surface area contributed by atoms with Crippen LogP contribution in [0.4, 0.5) is 0 Å². The summed E-state index contributed by atoms with van der Waals surface area (Å²) in [5, 5.41) is 8.68. The maximum absolute atomic E-state index is 6.38. The molecule has 4 heteroatoms. The van der Waals surface area contributed by atoms with Crippen LogP contribution >= 0.6 is 11.6 Å². The SMILES string of the molecule is CNC(Cc1c(C)nn(C)c1Cl)C1Cc2ccccc2C1. The average molecular weight is 304 g/mol. The number of fused-ring (bicyclic) bond motifs is 1. The standard InChI is InChI=1S/C17H22ClN3/c1-11-15(17(18)21(3)20-11)10-16(19-2)14-8-12-6-4-5-7-13(12)9-14/h4-7,14,16,19H,8-10H2,1-3H3. The third-order valence-corrected chi connectivity index (χ3v) is 5.19.